The summed E-state index contributed by atoms with van der Waals surface area (Å²) in [6, 6.07) is 13.3. The highest BCUT2D eigenvalue weighted by Gasteiger charge is 2.12. The highest BCUT2D eigenvalue weighted by atomic mass is 35.5. The summed E-state index contributed by atoms with van der Waals surface area (Å²) in [6.45, 7) is 4.07. The number of fused-ring (bicyclic) bond motifs is 1. The molecule has 0 bridgehead atoms. The van der Waals surface area contributed by atoms with Crippen molar-refractivity contribution in [1.82, 2.24) is 9.55 Å². The molecular formula is C17H15ClN2O. The molecule has 0 atom stereocenters. The quantitative estimate of drug-likeness (QED) is 0.676. The number of alkyl halides is 1. The first-order valence-electron chi connectivity index (χ1n) is 6.76. The number of halogens is 1. The predicted molar refractivity (Wildman–Crippen MR) is 86.4 cm³/mol. The van der Waals surface area contributed by atoms with Crippen molar-refractivity contribution in [2.75, 3.05) is 0 Å². The molecule has 1 aromatic heterocycles. The Balaban J connectivity index is 2.37. The lowest BCUT2D eigenvalue weighted by Gasteiger charge is -2.13. The SMILES string of the molecule is Cc1ccc(-n2c(CCl)nc3ccccc3c2=O)cc1C. The number of aryl methyl sites for hydroxylation is 2. The maximum atomic E-state index is 12.8. The summed E-state index contributed by atoms with van der Waals surface area (Å²) in [5.74, 6) is 0.746. The third-order valence-electron chi connectivity index (χ3n) is 3.71. The van der Waals surface area contributed by atoms with Gasteiger partial charge in [0.15, 0.2) is 0 Å². The fraction of sp³-hybridized carbons (Fsp3) is 0.176. The van der Waals surface area contributed by atoms with Gasteiger partial charge in [0.25, 0.3) is 5.56 Å². The average molecular weight is 299 g/mol. The average Bonchev–Trinajstić information content (AvgIpc) is 2.50. The van der Waals surface area contributed by atoms with Crippen LogP contribution in [-0.4, -0.2) is 9.55 Å². The third-order valence-corrected chi connectivity index (χ3v) is 3.95. The van der Waals surface area contributed by atoms with Gasteiger partial charge in [0.05, 0.1) is 22.5 Å². The lowest BCUT2D eigenvalue weighted by Crippen LogP contribution is -2.23. The van der Waals surface area contributed by atoms with Crippen LogP contribution in [0.5, 0.6) is 0 Å². The zero-order valence-corrected chi connectivity index (χ0v) is 12.7. The Bertz CT molecular complexity index is 884. The normalized spacial score (nSPS) is 11.0. The lowest BCUT2D eigenvalue weighted by molar-refractivity contribution is 0.879. The van der Waals surface area contributed by atoms with Gasteiger partial charge in [0.2, 0.25) is 0 Å². The van der Waals surface area contributed by atoms with Gasteiger partial charge in [-0.1, -0.05) is 18.2 Å². The van der Waals surface area contributed by atoms with Gasteiger partial charge in [0.1, 0.15) is 5.82 Å². The van der Waals surface area contributed by atoms with Crippen molar-refractivity contribution in [2.24, 2.45) is 0 Å². The van der Waals surface area contributed by atoms with Crippen molar-refractivity contribution in [2.45, 2.75) is 19.7 Å². The molecule has 0 spiro atoms. The van der Waals surface area contributed by atoms with Gasteiger partial charge >= 0.3 is 0 Å². The summed E-state index contributed by atoms with van der Waals surface area (Å²) in [4.78, 5) is 17.3. The second-order valence-electron chi connectivity index (χ2n) is 5.09. The number of rotatable bonds is 2. The fourth-order valence-corrected chi connectivity index (χ4v) is 2.58. The van der Waals surface area contributed by atoms with E-state index in [0.717, 1.165) is 11.3 Å². The summed E-state index contributed by atoms with van der Waals surface area (Å²) in [5.41, 5.74) is 3.72. The van der Waals surface area contributed by atoms with Crippen LogP contribution in [0.25, 0.3) is 16.6 Å². The highest BCUT2D eigenvalue weighted by molar-refractivity contribution is 6.16. The molecule has 1 heterocycles. The van der Waals surface area contributed by atoms with Crippen molar-refractivity contribution in [3.8, 4) is 5.69 Å². The molecule has 3 rings (SSSR count). The van der Waals surface area contributed by atoms with Crippen LogP contribution in [0.2, 0.25) is 0 Å². The van der Waals surface area contributed by atoms with Gasteiger partial charge in [-0.2, -0.15) is 0 Å². The molecule has 0 amide bonds. The van der Waals surface area contributed by atoms with Crippen LogP contribution >= 0.6 is 11.6 Å². The van der Waals surface area contributed by atoms with Crippen LogP contribution < -0.4 is 5.56 Å². The largest absolute Gasteiger partial charge is 0.268 e. The van der Waals surface area contributed by atoms with E-state index in [0.29, 0.717) is 16.7 Å². The molecule has 0 fully saturated rings. The van der Waals surface area contributed by atoms with Crippen molar-refractivity contribution in [1.29, 1.82) is 0 Å². The first-order chi connectivity index (χ1) is 10.1. The minimum Gasteiger partial charge on any atom is -0.268 e. The number of hydrogen-bond donors (Lipinski definition) is 0. The summed E-state index contributed by atoms with van der Waals surface area (Å²) in [7, 11) is 0. The maximum absolute atomic E-state index is 12.8. The Kier molecular flexibility index (Phi) is 3.52. The molecule has 0 aliphatic carbocycles. The first-order valence-corrected chi connectivity index (χ1v) is 7.29. The molecule has 2 aromatic carbocycles. The number of hydrogen-bond acceptors (Lipinski definition) is 2. The molecule has 0 unspecified atom stereocenters. The minimum atomic E-state index is -0.0838. The monoisotopic (exact) mass is 298 g/mol. The molecule has 106 valence electrons. The first kappa shape index (κ1) is 13.8. The molecule has 4 heteroatoms. The van der Waals surface area contributed by atoms with E-state index < -0.39 is 0 Å². The van der Waals surface area contributed by atoms with Gasteiger partial charge < -0.3 is 0 Å². The maximum Gasteiger partial charge on any atom is 0.266 e. The minimum absolute atomic E-state index is 0.0838. The van der Waals surface area contributed by atoms with Crippen LogP contribution in [-0.2, 0) is 5.88 Å². The van der Waals surface area contributed by atoms with E-state index in [1.807, 2.05) is 50.2 Å². The van der Waals surface area contributed by atoms with E-state index in [9.17, 15) is 4.79 Å². The summed E-state index contributed by atoms with van der Waals surface area (Å²) in [6.07, 6.45) is 0. The van der Waals surface area contributed by atoms with Crippen molar-refractivity contribution in [3.05, 3.63) is 69.8 Å². The van der Waals surface area contributed by atoms with Crippen molar-refractivity contribution in [3.63, 3.8) is 0 Å². The zero-order valence-electron chi connectivity index (χ0n) is 11.9. The lowest BCUT2D eigenvalue weighted by atomic mass is 10.1. The number of aromatic nitrogens is 2. The molecule has 0 saturated carbocycles. The number of nitrogens with zero attached hydrogens (tertiary/aromatic N) is 2. The summed E-state index contributed by atoms with van der Waals surface area (Å²) < 4.78 is 1.60. The summed E-state index contributed by atoms with van der Waals surface area (Å²) >= 11 is 6.00. The Morgan fingerprint density at radius 1 is 1.10 bits per heavy atom. The van der Waals surface area contributed by atoms with E-state index in [4.69, 9.17) is 11.6 Å². The molecule has 0 N–H and O–H groups in total. The van der Waals surface area contributed by atoms with E-state index in [-0.39, 0.29) is 11.4 Å². The smallest absolute Gasteiger partial charge is 0.266 e. The summed E-state index contributed by atoms with van der Waals surface area (Å²) in [5, 5.41) is 0.601. The van der Waals surface area contributed by atoms with E-state index in [1.165, 1.54) is 5.56 Å². The topological polar surface area (TPSA) is 34.9 Å². The van der Waals surface area contributed by atoms with Gasteiger partial charge in [-0.3, -0.25) is 9.36 Å². The van der Waals surface area contributed by atoms with Gasteiger partial charge in [-0.05, 0) is 49.2 Å². The molecule has 21 heavy (non-hydrogen) atoms. The van der Waals surface area contributed by atoms with Crippen molar-refractivity contribution < 1.29 is 0 Å². The molecular weight excluding hydrogens is 284 g/mol. The Hall–Kier alpha value is -2.13. The second kappa shape index (κ2) is 5.34. The van der Waals surface area contributed by atoms with Crippen LogP contribution in [0.4, 0.5) is 0 Å². The molecule has 3 nitrogen and oxygen atoms in total. The van der Waals surface area contributed by atoms with Crippen molar-refractivity contribution >= 4 is 22.5 Å². The molecule has 0 saturated heterocycles. The van der Waals surface area contributed by atoms with Crippen LogP contribution in [0.15, 0.2) is 47.3 Å². The molecule has 0 aliphatic heterocycles. The second-order valence-corrected chi connectivity index (χ2v) is 5.36. The third kappa shape index (κ3) is 2.34. The number of para-hydroxylation sites is 1. The Labute approximate surface area is 127 Å². The highest BCUT2D eigenvalue weighted by Crippen LogP contribution is 2.17. The van der Waals surface area contributed by atoms with Gasteiger partial charge in [0, 0.05) is 0 Å². The van der Waals surface area contributed by atoms with Crippen LogP contribution in [0, 0.1) is 13.8 Å². The molecule has 3 aromatic rings. The van der Waals surface area contributed by atoms with E-state index in [1.54, 1.807) is 10.6 Å². The standard InChI is InChI=1S/C17H15ClN2O/c1-11-7-8-13(9-12(11)2)20-16(10-18)19-15-6-4-3-5-14(15)17(20)21/h3-9H,10H2,1-2H3. The van der Waals surface area contributed by atoms with Gasteiger partial charge in [-0.25, -0.2) is 4.98 Å². The molecule has 0 aliphatic rings. The van der Waals surface area contributed by atoms with Crippen LogP contribution in [0.1, 0.15) is 17.0 Å². The molecule has 0 radical (unpaired) electrons. The van der Waals surface area contributed by atoms with E-state index in [2.05, 4.69) is 4.98 Å². The number of benzene rings is 2. The fourth-order valence-electron chi connectivity index (χ4n) is 2.40. The van der Waals surface area contributed by atoms with Crippen LogP contribution in [0.3, 0.4) is 0 Å². The zero-order chi connectivity index (χ0) is 15.0. The Morgan fingerprint density at radius 3 is 2.57 bits per heavy atom. The van der Waals surface area contributed by atoms with Gasteiger partial charge in [-0.15, -0.1) is 11.6 Å². The Morgan fingerprint density at radius 2 is 1.86 bits per heavy atom. The predicted octanol–water partition coefficient (Wildman–Crippen LogP) is 3.74. The van der Waals surface area contributed by atoms with E-state index >= 15 is 0 Å².